The number of nitrogens with one attached hydrogen (secondary N) is 1. The first-order chi connectivity index (χ1) is 12.9. The minimum Gasteiger partial charge on any atom is -0.459 e. The van der Waals surface area contributed by atoms with Crippen LogP contribution >= 0.6 is 0 Å². The summed E-state index contributed by atoms with van der Waals surface area (Å²) in [4.78, 5) is 16.0. The maximum atomic E-state index is 12.2. The summed E-state index contributed by atoms with van der Waals surface area (Å²) < 4.78 is 32.2. The van der Waals surface area contributed by atoms with Crippen molar-refractivity contribution in [1.82, 2.24) is 14.5 Å². The molecule has 1 amide bonds. The van der Waals surface area contributed by atoms with Gasteiger partial charge in [-0.15, -0.1) is 0 Å². The summed E-state index contributed by atoms with van der Waals surface area (Å²) in [6.45, 7) is 5.18. The Morgan fingerprint density at radius 2 is 1.81 bits per heavy atom. The van der Waals surface area contributed by atoms with E-state index in [2.05, 4.69) is 9.62 Å². The molecule has 1 fully saturated rings. The second kappa shape index (κ2) is 8.69. The number of hydrogen-bond acceptors (Lipinski definition) is 5. The van der Waals surface area contributed by atoms with Crippen molar-refractivity contribution in [2.75, 3.05) is 38.5 Å². The van der Waals surface area contributed by atoms with E-state index < -0.39 is 10.0 Å². The molecule has 2 heterocycles. The van der Waals surface area contributed by atoms with E-state index in [4.69, 9.17) is 4.42 Å². The van der Waals surface area contributed by atoms with Crippen LogP contribution < -0.4 is 4.72 Å². The smallest absolute Gasteiger partial charge is 0.289 e. The van der Waals surface area contributed by atoms with E-state index in [1.165, 1.54) is 6.26 Å². The summed E-state index contributed by atoms with van der Waals surface area (Å²) in [6.07, 6.45) is 1.48. The first kappa shape index (κ1) is 19.6. The second-order valence-corrected chi connectivity index (χ2v) is 8.66. The van der Waals surface area contributed by atoms with Gasteiger partial charge in [0.2, 0.25) is 10.0 Å². The fourth-order valence-corrected chi connectivity index (χ4v) is 3.98. The van der Waals surface area contributed by atoms with Crippen LogP contribution in [-0.2, 0) is 16.6 Å². The predicted molar refractivity (Wildman–Crippen MR) is 103 cm³/mol. The van der Waals surface area contributed by atoms with E-state index in [-0.39, 0.29) is 11.7 Å². The highest BCUT2D eigenvalue weighted by atomic mass is 32.2. The van der Waals surface area contributed by atoms with Crippen LogP contribution in [0.3, 0.4) is 0 Å². The van der Waals surface area contributed by atoms with Crippen LogP contribution in [0.1, 0.15) is 21.7 Å². The zero-order valence-electron chi connectivity index (χ0n) is 15.4. The molecule has 1 aromatic heterocycles. The number of furan rings is 1. The molecule has 1 aliphatic rings. The maximum Gasteiger partial charge on any atom is 0.289 e. The van der Waals surface area contributed by atoms with Gasteiger partial charge in [-0.3, -0.25) is 9.69 Å². The number of piperazine rings is 1. The fraction of sp³-hybridized carbons (Fsp3) is 0.421. The van der Waals surface area contributed by atoms with Crippen LogP contribution in [0.2, 0.25) is 0 Å². The monoisotopic (exact) mass is 391 g/mol. The Kier molecular flexibility index (Phi) is 6.30. The summed E-state index contributed by atoms with van der Waals surface area (Å²) in [5, 5.41) is 0. The number of amides is 1. The third kappa shape index (κ3) is 5.66. The number of hydrogen-bond donors (Lipinski definition) is 1. The number of carbonyl (C=O) groups excluding carboxylic acids is 1. The Labute approximate surface area is 160 Å². The van der Waals surface area contributed by atoms with E-state index in [1.54, 1.807) is 17.0 Å². The largest absolute Gasteiger partial charge is 0.459 e. The van der Waals surface area contributed by atoms with Crippen molar-refractivity contribution in [3.05, 3.63) is 59.5 Å². The Hall–Kier alpha value is -2.16. The SMILES string of the molecule is Cc1ccc(CNS(=O)(=O)CCN2CCN(C(=O)c3ccco3)CC2)cc1. The number of benzene rings is 1. The van der Waals surface area contributed by atoms with Crippen molar-refractivity contribution >= 4 is 15.9 Å². The number of aryl methyl sites for hydroxylation is 1. The van der Waals surface area contributed by atoms with Crippen molar-refractivity contribution in [2.24, 2.45) is 0 Å². The van der Waals surface area contributed by atoms with Crippen LogP contribution in [0.25, 0.3) is 0 Å². The van der Waals surface area contributed by atoms with E-state index in [1.807, 2.05) is 31.2 Å². The fourth-order valence-electron chi connectivity index (χ4n) is 2.95. The van der Waals surface area contributed by atoms with Gasteiger partial charge >= 0.3 is 0 Å². The van der Waals surface area contributed by atoms with Gasteiger partial charge < -0.3 is 9.32 Å². The highest BCUT2D eigenvalue weighted by Crippen LogP contribution is 2.09. The molecule has 0 radical (unpaired) electrons. The van der Waals surface area contributed by atoms with E-state index in [9.17, 15) is 13.2 Å². The number of carbonyl (C=O) groups is 1. The molecular weight excluding hydrogens is 366 g/mol. The predicted octanol–water partition coefficient (Wildman–Crippen LogP) is 1.47. The lowest BCUT2D eigenvalue weighted by Crippen LogP contribution is -2.50. The van der Waals surface area contributed by atoms with Crippen LogP contribution in [0, 0.1) is 6.92 Å². The minimum atomic E-state index is -3.34. The third-order valence-electron chi connectivity index (χ3n) is 4.68. The lowest BCUT2D eigenvalue weighted by atomic mass is 10.2. The molecule has 1 N–H and O–H groups in total. The van der Waals surface area contributed by atoms with Gasteiger partial charge in [0.15, 0.2) is 5.76 Å². The topological polar surface area (TPSA) is 82.9 Å². The van der Waals surface area contributed by atoms with Crippen molar-refractivity contribution in [3.63, 3.8) is 0 Å². The highest BCUT2D eigenvalue weighted by Gasteiger charge is 2.24. The molecule has 0 atom stereocenters. The molecule has 0 spiro atoms. The standard InChI is InChI=1S/C19H25N3O4S/c1-16-4-6-17(7-5-16)15-20-27(24,25)14-12-21-8-10-22(11-9-21)19(23)18-3-2-13-26-18/h2-7,13,20H,8-12,14-15H2,1H3. The van der Waals surface area contributed by atoms with E-state index in [0.29, 0.717) is 45.0 Å². The molecule has 0 aliphatic carbocycles. The molecule has 1 aliphatic heterocycles. The van der Waals surface area contributed by atoms with E-state index in [0.717, 1.165) is 11.1 Å². The van der Waals surface area contributed by atoms with Gasteiger partial charge in [0.25, 0.3) is 5.91 Å². The van der Waals surface area contributed by atoms with Gasteiger partial charge in [-0.1, -0.05) is 29.8 Å². The molecule has 146 valence electrons. The molecule has 7 nitrogen and oxygen atoms in total. The zero-order chi connectivity index (χ0) is 19.3. The molecule has 2 aromatic rings. The first-order valence-corrected chi connectivity index (χ1v) is 10.7. The van der Waals surface area contributed by atoms with E-state index >= 15 is 0 Å². The first-order valence-electron chi connectivity index (χ1n) is 9.01. The minimum absolute atomic E-state index is 0.0466. The van der Waals surface area contributed by atoms with Crippen LogP contribution in [0.5, 0.6) is 0 Å². The van der Waals surface area contributed by atoms with Gasteiger partial charge in [0.05, 0.1) is 12.0 Å². The van der Waals surface area contributed by atoms with Crippen molar-refractivity contribution in [1.29, 1.82) is 0 Å². The van der Waals surface area contributed by atoms with Crippen molar-refractivity contribution in [2.45, 2.75) is 13.5 Å². The molecule has 8 heteroatoms. The Balaban J connectivity index is 1.41. The zero-order valence-corrected chi connectivity index (χ0v) is 16.2. The molecule has 1 aromatic carbocycles. The average molecular weight is 391 g/mol. The number of rotatable bonds is 7. The summed E-state index contributed by atoms with van der Waals surface area (Å²) in [5.74, 6) is 0.267. The molecule has 1 saturated heterocycles. The summed E-state index contributed by atoms with van der Waals surface area (Å²) in [5.41, 5.74) is 2.08. The molecule has 0 unspecified atom stereocenters. The van der Waals surface area contributed by atoms with Gasteiger partial charge in [-0.05, 0) is 24.6 Å². The molecular formula is C19H25N3O4S. The van der Waals surface area contributed by atoms with Crippen molar-refractivity contribution in [3.8, 4) is 0 Å². The third-order valence-corrected chi connectivity index (χ3v) is 5.99. The van der Waals surface area contributed by atoms with Gasteiger partial charge in [0, 0.05) is 39.3 Å². The Bertz CT molecular complexity index is 840. The summed E-state index contributed by atoms with van der Waals surface area (Å²) in [7, 11) is -3.34. The average Bonchev–Trinajstić information content (AvgIpc) is 3.21. The van der Waals surface area contributed by atoms with Crippen molar-refractivity contribution < 1.29 is 17.6 Å². The number of nitrogens with zero attached hydrogens (tertiary/aromatic N) is 2. The Morgan fingerprint density at radius 3 is 2.44 bits per heavy atom. The van der Waals surface area contributed by atoms with Crippen LogP contribution in [-0.4, -0.2) is 62.6 Å². The second-order valence-electron chi connectivity index (χ2n) is 6.74. The molecule has 0 bridgehead atoms. The molecule has 0 saturated carbocycles. The highest BCUT2D eigenvalue weighted by molar-refractivity contribution is 7.89. The van der Waals surface area contributed by atoms with Gasteiger partial charge in [-0.2, -0.15) is 0 Å². The maximum absolute atomic E-state index is 12.2. The summed E-state index contributed by atoms with van der Waals surface area (Å²) in [6, 6.07) is 11.1. The molecule has 27 heavy (non-hydrogen) atoms. The quantitative estimate of drug-likeness (QED) is 0.773. The molecule has 3 rings (SSSR count). The van der Waals surface area contributed by atoms with Gasteiger partial charge in [0.1, 0.15) is 0 Å². The van der Waals surface area contributed by atoms with Crippen LogP contribution in [0.15, 0.2) is 47.1 Å². The lowest BCUT2D eigenvalue weighted by Gasteiger charge is -2.34. The van der Waals surface area contributed by atoms with Crippen LogP contribution in [0.4, 0.5) is 0 Å². The lowest BCUT2D eigenvalue weighted by molar-refractivity contribution is 0.0613. The number of sulfonamides is 1. The summed E-state index contributed by atoms with van der Waals surface area (Å²) >= 11 is 0. The normalized spacial score (nSPS) is 15.8. The van der Waals surface area contributed by atoms with Gasteiger partial charge in [-0.25, -0.2) is 13.1 Å². The Morgan fingerprint density at radius 1 is 1.11 bits per heavy atom.